The number of nitrogens with one attached hydrogen (secondary N) is 2. The summed E-state index contributed by atoms with van der Waals surface area (Å²) in [6, 6.07) is 4.89. The minimum Gasteiger partial charge on any atom is -0.332 e. The average molecular weight is 461 g/mol. The fraction of sp³-hybridized carbons (Fsp3) is 0.133. The maximum Gasteiger partial charge on any atom is 0.417 e. The molecule has 0 heterocycles. The predicted octanol–water partition coefficient (Wildman–Crippen LogP) is 6.43. The van der Waals surface area contributed by atoms with Gasteiger partial charge in [0.25, 0.3) is 0 Å². The molecule has 0 aromatic heterocycles. The highest BCUT2D eigenvalue weighted by Gasteiger charge is 2.33. The van der Waals surface area contributed by atoms with Gasteiger partial charge in [0, 0.05) is 15.8 Å². The van der Waals surface area contributed by atoms with E-state index in [1.54, 1.807) is 0 Å². The second kappa shape index (κ2) is 7.39. The molecule has 0 atom stereocenters. The molecule has 0 saturated heterocycles. The summed E-state index contributed by atoms with van der Waals surface area (Å²) >= 11 is 7.62. The van der Waals surface area contributed by atoms with Crippen LogP contribution in [-0.2, 0) is 12.4 Å². The third-order valence-corrected chi connectivity index (χ3v) is 3.91. The zero-order valence-corrected chi connectivity index (χ0v) is 14.8. The van der Waals surface area contributed by atoms with Gasteiger partial charge in [-0.25, -0.2) is 4.39 Å². The van der Waals surface area contributed by atoms with E-state index in [1.807, 2.05) is 0 Å². The zero-order chi connectivity index (χ0) is 19.7. The standard InChI is InChI=1S/C15H8BrF7N2S/c16-12-2-1-9(6-11(12)15(21,22)23)24-13(26)25-10-4-7(14(18,19)20)3-8(17)5-10/h1-6H,(H2,24,25,26). The molecule has 0 spiro atoms. The van der Waals surface area contributed by atoms with E-state index in [1.165, 1.54) is 6.07 Å². The smallest absolute Gasteiger partial charge is 0.332 e. The molecule has 26 heavy (non-hydrogen) atoms. The van der Waals surface area contributed by atoms with Crippen LogP contribution in [0.25, 0.3) is 0 Å². The lowest BCUT2D eigenvalue weighted by Gasteiger charge is -2.15. The number of hydrogen-bond donors (Lipinski definition) is 2. The van der Waals surface area contributed by atoms with Crippen molar-refractivity contribution in [2.45, 2.75) is 12.4 Å². The molecule has 0 amide bonds. The predicted molar refractivity (Wildman–Crippen MR) is 90.4 cm³/mol. The molecule has 2 nitrogen and oxygen atoms in total. The van der Waals surface area contributed by atoms with Crippen molar-refractivity contribution >= 4 is 44.6 Å². The number of alkyl halides is 6. The Hall–Kier alpha value is -1.88. The van der Waals surface area contributed by atoms with E-state index in [0.717, 1.165) is 18.2 Å². The summed E-state index contributed by atoms with van der Waals surface area (Å²) in [5, 5.41) is 4.40. The van der Waals surface area contributed by atoms with Gasteiger partial charge in [0.15, 0.2) is 5.11 Å². The van der Waals surface area contributed by atoms with Gasteiger partial charge < -0.3 is 10.6 Å². The third-order valence-electron chi connectivity index (χ3n) is 3.01. The molecule has 2 aromatic rings. The van der Waals surface area contributed by atoms with Gasteiger partial charge in [-0.15, -0.1) is 0 Å². The SMILES string of the molecule is Fc1cc(NC(=S)Nc2ccc(Br)c(C(F)(F)F)c2)cc(C(F)(F)F)c1. The van der Waals surface area contributed by atoms with Crippen LogP contribution in [0.2, 0.25) is 0 Å². The van der Waals surface area contributed by atoms with E-state index in [4.69, 9.17) is 12.2 Å². The lowest BCUT2D eigenvalue weighted by Crippen LogP contribution is -2.20. The lowest BCUT2D eigenvalue weighted by atomic mass is 10.2. The molecule has 0 aliphatic heterocycles. The molecule has 0 unspecified atom stereocenters. The summed E-state index contributed by atoms with van der Waals surface area (Å²) in [6.07, 6.45) is -9.38. The fourth-order valence-electron chi connectivity index (χ4n) is 1.94. The molecule has 2 N–H and O–H groups in total. The Bertz CT molecular complexity index is 834. The van der Waals surface area contributed by atoms with Gasteiger partial charge in [-0.1, -0.05) is 15.9 Å². The highest BCUT2D eigenvalue weighted by Crippen LogP contribution is 2.36. The van der Waals surface area contributed by atoms with E-state index in [0.29, 0.717) is 12.1 Å². The molecule has 0 aliphatic rings. The largest absolute Gasteiger partial charge is 0.417 e. The van der Waals surface area contributed by atoms with Crippen LogP contribution in [0, 0.1) is 5.82 Å². The van der Waals surface area contributed by atoms with Crippen LogP contribution in [0.5, 0.6) is 0 Å². The normalized spacial score (nSPS) is 12.0. The van der Waals surface area contributed by atoms with Crippen molar-refractivity contribution in [3.8, 4) is 0 Å². The first-order valence-electron chi connectivity index (χ1n) is 6.69. The first kappa shape index (κ1) is 20.4. The molecular formula is C15H8BrF7N2S. The molecule has 0 aliphatic carbocycles. The number of halogens is 8. The Morgan fingerprint density at radius 1 is 0.846 bits per heavy atom. The van der Waals surface area contributed by atoms with Crippen LogP contribution in [0.3, 0.4) is 0 Å². The van der Waals surface area contributed by atoms with Gasteiger partial charge in [-0.2, -0.15) is 26.3 Å². The zero-order valence-electron chi connectivity index (χ0n) is 12.4. The van der Waals surface area contributed by atoms with Crippen LogP contribution in [0.1, 0.15) is 11.1 Å². The Morgan fingerprint density at radius 2 is 1.46 bits per heavy atom. The highest BCUT2D eigenvalue weighted by molar-refractivity contribution is 9.10. The van der Waals surface area contributed by atoms with Gasteiger partial charge in [0.05, 0.1) is 11.1 Å². The number of hydrogen-bond acceptors (Lipinski definition) is 1. The molecule has 0 fully saturated rings. The number of thiocarbonyl (C=S) groups is 1. The topological polar surface area (TPSA) is 24.1 Å². The van der Waals surface area contributed by atoms with Crippen molar-refractivity contribution < 1.29 is 30.7 Å². The van der Waals surface area contributed by atoms with E-state index < -0.39 is 29.3 Å². The van der Waals surface area contributed by atoms with E-state index in [2.05, 4.69) is 26.6 Å². The van der Waals surface area contributed by atoms with E-state index >= 15 is 0 Å². The highest BCUT2D eigenvalue weighted by atomic mass is 79.9. The molecule has 0 bridgehead atoms. The first-order chi connectivity index (χ1) is 11.9. The van der Waals surface area contributed by atoms with Crippen molar-refractivity contribution in [3.05, 3.63) is 57.8 Å². The van der Waals surface area contributed by atoms with Crippen molar-refractivity contribution in [2.75, 3.05) is 10.6 Å². The van der Waals surface area contributed by atoms with Crippen LogP contribution < -0.4 is 10.6 Å². The summed E-state index contributed by atoms with van der Waals surface area (Å²) < 4.78 is 89.7. The van der Waals surface area contributed by atoms with E-state index in [9.17, 15) is 30.7 Å². The maximum atomic E-state index is 13.3. The van der Waals surface area contributed by atoms with Gasteiger partial charge in [0.2, 0.25) is 0 Å². The quantitative estimate of drug-likeness (QED) is 0.398. The van der Waals surface area contributed by atoms with Crippen LogP contribution in [-0.4, -0.2) is 5.11 Å². The maximum absolute atomic E-state index is 13.3. The van der Waals surface area contributed by atoms with E-state index in [-0.39, 0.29) is 21.0 Å². The molecule has 11 heteroatoms. The Kier molecular flexibility index (Phi) is 5.81. The van der Waals surface area contributed by atoms with Crippen LogP contribution >= 0.6 is 28.1 Å². The van der Waals surface area contributed by atoms with Crippen molar-refractivity contribution in [1.29, 1.82) is 0 Å². The molecular weight excluding hydrogens is 453 g/mol. The van der Waals surface area contributed by atoms with Gasteiger partial charge in [-0.05, 0) is 48.6 Å². The number of anilines is 2. The summed E-state index contributed by atoms with van der Waals surface area (Å²) in [5.74, 6) is -1.15. The second-order valence-electron chi connectivity index (χ2n) is 5.00. The molecule has 2 aromatic carbocycles. The van der Waals surface area contributed by atoms with Gasteiger partial charge in [-0.3, -0.25) is 0 Å². The first-order valence-corrected chi connectivity index (χ1v) is 7.89. The third kappa shape index (κ3) is 5.31. The van der Waals surface area contributed by atoms with Crippen molar-refractivity contribution in [3.63, 3.8) is 0 Å². The fourth-order valence-corrected chi connectivity index (χ4v) is 2.65. The lowest BCUT2D eigenvalue weighted by molar-refractivity contribution is -0.138. The second-order valence-corrected chi connectivity index (χ2v) is 6.26. The Labute approximate surface area is 156 Å². The number of rotatable bonds is 2. The average Bonchev–Trinajstić information content (AvgIpc) is 2.46. The molecule has 0 radical (unpaired) electrons. The van der Waals surface area contributed by atoms with Gasteiger partial charge in [0.1, 0.15) is 5.82 Å². The minimum absolute atomic E-state index is 0.0505. The molecule has 0 saturated carbocycles. The Morgan fingerprint density at radius 3 is 2.04 bits per heavy atom. The van der Waals surface area contributed by atoms with Crippen molar-refractivity contribution in [1.82, 2.24) is 0 Å². The van der Waals surface area contributed by atoms with Crippen molar-refractivity contribution in [2.24, 2.45) is 0 Å². The van der Waals surface area contributed by atoms with Crippen LogP contribution in [0.15, 0.2) is 40.9 Å². The summed E-state index contributed by atoms with van der Waals surface area (Å²) in [5.41, 5.74) is -2.55. The molecule has 140 valence electrons. The molecule has 2 rings (SSSR count). The van der Waals surface area contributed by atoms with Gasteiger partial charge >= 0.3 is 12.4 Å². The monoisotopic (exact) mass is 460 g/mol. The summed E-state index contributed by atoms with van der Waals surface area (Å²) in [6.45, 7) is 0. The Balaban J connectivity index is 2.19. The summed E-state index contributed by atoms with van der Waals surface area (Å²) in [7, 11) is 0. The number of benzene rings is 2. The minimum atomic E-state index is -4.76. The van der Waals surface area contributed by atoms with Crippen LogP contribution in [0.4, 0.5) is 42.1 Å². The summed E-state index contributed by atoms with van der Waals surface area (Å²) in [4.78, 5) is 0.